The molecule has 1 N–H and O–H groups in total. The number of pyridine rings is 1. The van der Waals surface area contributed by atoms with Crippen LogP contribution >= 0.6 is 0 Å². The van der Waals surface area contributed by atoms with Gasteiger partial charge in [-0.2, -0.15) is 0 Å². The van der Waals surface area contributed by atoms with Gasteiger partial charge in [-0.3, -0.25) is 0 Å². The number of rotatable bonds is 4. The van der Waals surface area contributed by atoms with Crippen LogP contribution in [0, 0.1) is 0 Å². The third-order valence-corrected chi connectivity index (χ3v) is 7.07. The van der Waals surface area contributed by atoms with E-state index >= 15 is 0 Å². The summed E-state index contributed by atoms with van der Waals surface area (Å²) in [6, 6.07) is 10.3. The number of phenols is 1. The molecular weight excluding hydrogens is 389 g/mol. The van der Waals surface area contributed by atoms with Gasteiger partial charge in [0.1, 0.15) is 11.6 Å². The van der Waals surface area contributed by atoms with Crippen molar-refractivity contribution in [1.29, 1.82) is 0 Å². The van der Waals surface area contributed by atoms with Crippen molar-refractivity contribution in [2.75, 3.05) is 32.1 Å². The van der Waals surface area contributed by atoms with Crippen LogP contribution in [0.15, 0.2) is 36.5 Å². The van der Waals surface area contributed by atoms with E-state index in [1.54, 1.807) is 12.1 Å². The largest absolute Gasteiger partial charge is 0.508 e. The molecule has 1 aromatic carbocycles. The fourth-order valence-electron chi connectivity index (χ4n) is 4.27. The molecule has 6 nitrogen and oxygen atoms in total. The van der Waals surface area contributed by atoms with E-state index in [9.17, 15) is 5.11 Å². The standard InChI is InChI=1S/C24H34BN3O3/c1-23(2)24(3,4)31-25(30-23)19-13-18(14-21(29)15-19)17-7-8-22(26-16-17)28-11-9-20(10-12-28)27(5)6/h7-8,13-16,20,29H,9-12H2,1-6H3. The minimum atomic E-state index is -0.513. The normalized spacial score (nSPS) is 21.1. The number of phenolic OH excluding ortho intramolecular Hbond substituents is 1. The molecule has 1 aromatic heterocycles. The summed E-state index contributed by atoms with van der Waals surface area (Å²) in [4.78, 5) is 9.38. The lowest BCUT2D eigenvalue weighted by Gasteiger charge is -2.35. The lowest BCUT2D eigenvalue weighted by molar-refractivity contribution is 0.00578. The van der Waals surface area contributed by atoms with Crippen molar-refractivity contribution >= 4 is 18.4 Å². The Labute approximate surface area is 186 Å². The molecule has 2 saturated heterocycles. The Balaban J connectivity index is 1.52. The van der Waals surface area contributed by atoms with Crippen LogP contribution in [0.4, 0.5) is 5.82 Å². The van der Waals surface area contributed by atoms with E-state index in [0.29, 0.717) is 6.04 Å². The van der Waals surface area contributed by atoms with E-state index in [4.69, 9.17) is 14.3 Å². The smallest absolute Gasteiger partial charge is 0.494 e. The van der Waals surface area contributed by atoms with E-state index in [0.717, 1.165) is 48.3 Å². The molecule has 4 rings (SSSR count). The summed E-state index contributed by atoms with van der Waals surface area (Å²) in [5.41, 5.74) is 1.82. The molecule has 0 atom stereocenters. The van der Waals surface area contributed by atoms with Crippen molar-refractivity contribution in [2.45, 2.75) is 57.8 Å². The van der Waals surface area contributed by atoms with Crippen molar-refractivity contribution < 1.29 is 14.4 Å². The lowest BCUT2D eigenvalue weighted by Crippen LogP contribution is -2.42. The van der Waals surface area contributed by atoms with Crippen molar-refractivity contribution in [3.8, 4) is 16.9 Å². The maximum absolute atomic E-state index is 10.4. The summed E-state index contributed by atoms with van der Waals surface area (Å²) < 4.78 is 12.3. The predicted molar refractivity (Wildman–Crippen MR) is 126 cm³/mol. The molecule has 2 aromatic rings. The van der Waals surface area contributed by atoms with Crippen LogP contribution in [0.2, 0.25) is 0 Å². The number of hydrogen-bond acceptors (Lipinski definition) is 6. The molecule has 0 bridgehead atoms. The maximum atomic E-state index is 10.4. The second-order valence-electron chi connectivity index (χ2n) is 9.99. The van der Waals surface area contributed by atoms with E-state index in [1.165, 1.54) is 0 Å². The Kier molecular flexibility index (Phi) is 5.79. The van der Waals surface area contributed by atoms with Crippen LogP contribution in [0.5, 0.6) is 5.75 Å². The summed E-state index contributed by atoms with van der Waals surface area (Å²) in [7, 11) is 3.79. The molecule has 2 fully saturated rings. The number of aromatic nitrogens is 1. The molecular formula is C24H34BN3O3. The SMILES string of the molecule is CN(C)C1CCN(c2ccc(-c3cc(O)cc(B4OC(C)(C)C(C)(C)O4)c3)cn2)CC1. The van der Waals surface area contributed by atoms with Gasteiger partial charge in [-0.05, 0) is 89.9 Å². The van der Waals surface area contributed by atoms with Gasteiger partial charge in [-0.15, -0.1) is 0 Å². The third kappa shape index (κ3) is 4.45. The number of benzene rings is 1. The van der Waals surface area contributed by atoms with Crippen LogP contribution in [-0.2, 0) is 9.31 Å². The molecule has 2 aliphatic rings. The van der Waals surface area contributed by atoms with Gasteiger partial charge in [0, 0.05) is 30.9 Å². The van der Waals surface area contributed by atoms with Gasteiger partial charge >= 0.3 is 7.12 Å². The average Bonchev–Trinajstić information content (AvgIpc) is 2.95. The van der Waals surface area contributed by atoms with Gasteiger partial charge in [-0.1, -0.05) is 6.07 Å². The van der Waals surface area contributed by atoms with Crippen LogP contribution in [0.3, 0.4) is 0 Å². The lowest BCUT2D eigenvalue weighted by atomic mass is 9.78. The van der Waals surface area contributed by atoms with Crippen molar-refractivity contribution in [1.82, 2.24) is 9.88 Å². The molecule has 7 heteroatoms. The Bertz CT molecular complexity index is 906. The molecule has 0 spiro atoms. The summed E-state index contributed by atoms with van der Waals surface area (Å²) >= 11 is 0. The minimum absolute atomic E-state index is 0.192. The van der Waals surface area contributed by atoms with Crippen LogP contribution in [-0.4, -0.2) is 66.5 Å². The first kappa shape index (κ1) is 22.1. The van der Waals surface area contributed by atoms with Crippen LogP contribution in [0.25, 0.3) is 11.1 Å². The zero-order chi connectivity index (χ0) is 22.4. The minimum Gasteiger partial charge on any atom is -0.508 e. The second-order valence-corrected chi connectivity index (χ2v) is 9.99. The molecule has 2 aliphatic heterocycles. The van der Waals surface area contributed by atoms with Crippen molar-refractivity contribution in [2.24, 2.45) is 0 Å². The maximum Gasteiger partial charge on any atom is 0.494 e. The number of piperidine rings is 1. The highest BCUT2D eigenvalue weighted by molar-refractivity contribution is 6.62. The van der Waals surface area contributed by atoms with Crippen molar-refractivity contribution in [3.63, 3.8) is 0 Å². The molecule has 0 aliphatic carbocycles. The number of hydrogen-bond donors (Lipinski definition) is 1. The second kappa shape index (κ2) is 8.12. The van der Waals surface area contributed by atoms with Crippen molar-refractivity contribution in [3.05, 3.63) is 36.5 Å². The van der Waals surface area contributed by atoms with E-state index < -0.39 is 18.3 Å². The van der Waals surface area contributed by atoms with Gasteiger partial charge in [0.15, 0.2) is 0 Å². The summed E-state index contributed by atoms with van der Waals surface area (Å²) in [6.45, 7) is 10.2. The molecule has 31 heavy (non-hydrogen) atoms. The molecule has 0 radical (unpaired) electrons. The highest BCUT2D eigenvalue weighted by atomic mass is 16.7. The summed E-state index contributed by atoms with van der Waals surface area (Å²) in [5.74, 6) is 1.20. The highest BCUT2D eigenvalue weighted by Crippen LogP contribution is 2.37. The van der Waals surface area contributed by atoms with Gasteiger partial charge in [0.25, 0.3) is 0 Å². The Morgan fingerprint density at radius 3 is 2.19 bits per heavy atom. The fraction of sp³-hybridized carbons (Fsp3) is 0.542. The fourth-order valence-corrected chi connectivity index (χ4v) is 4.27. The highest BCUT2D eigenvalue weighted by Gasteiger charge is 2.51. The zero-order valence-corrected chi connectivity index (χ0v) is 19.6. The van der Waals surface area contributed by atoms with E-state index in [2.05, 4.69) is 36.0 Å². The molecule has 0 unspecified atom stereocenters. The Hall–Kier alpha value is -2.09. The molecule has 0 amide bonds. The molecule has 3 heterocycles. The quantitative estimate of drug-likeness (QED) is 0.762. The van der Waals surface area contributed by atoms with Crippen LogP contribution < -0.4 is 10.4 Å². The van der Waals surface area contributed by atoms with E-state index in [1.807, 2.05) is 40.0 Å². The summed E-state index contributed by atoms with van der Waals surface area (Å²) in [5, 5.41) is 10.4. The third-order valence-electron chi connectivity index (χ3n) is 7.07. The molecule has 0 saturated carbocycles. The Morgan fingerprint density at radius 1 is 1.00 bits per heavy atom. The van der Waals surface area contributed by atoms with Gasteiger partial charge in [-0.25, -0.2) is 4.98 Å². The first-order chi connectivity index (χ1) is 14.6. The zero-order valence-electron chi connectivity index (χ0n) is 19.6. The number of nitrogens with zero attached hydrogens (tertiary/aromatic N) is 3. The van der Waals surface area contributed by atoms with Gasteiger partial charge < -0.3 is 24.2 Å². The van der Waals surface area contributed by atoms with Gasteiger partial charge in [0.2, 0.25) is 0 Å². The first-order valence-electron chi connectivity index (χ1n) is 11.1. The number of anilines is 1. The van der Waals surface area contributed by atoms with Crippen LogP contribution in [0.1, 0.15) is 40.5 Å². The summed E-state index contributed by atoms with van der Waals surface area (Å²) in [6.07, 6.45) is 4.19. The predicted octanol–water partition coefficient (Wildman–Crippen LogP) is 3.28. The monoisotopic (exact) mass is 423 g/mol. The van der Waals surface area contributed by atoms with Gasteiger partial charge in [0.05, 0.1) is 11.2 Å². The molecule has 166 valence electrons. The Morgan fingerprint density at radius 2 is 1.65 bits per heavy atom. The average molecular weight is 423 g/mol. The van der Waals surface area contributed by atoms with E-state index in [-0.39, 0.29) is 5.75 Å². The topological polar surface area (TPSA) is 58.1 Å². The first-order valence-corrected chi connectivity index (χ1v) is 11.1. The number of aromatic hydroxyl groups is 1.